The molecular weight excluding hydrogens is 364 g/mol. The number of esters is 2. The van der Waals surface area contributed by atoms with Crippen LogP contribution in [-0.2, 0) is 23.9 Å². The predicted octanol–water partition coefficient (Wildman–Crippen LogP) is -1.38. The highest BCUT2D eigenvalue weighted by atomic mass is 16.6. The fourth-order valence-corrected chi connectivity index (χ4v) is 1.69. The van der Waals surface area contributed by atoms with Crippen LogP contribution in [0, 0.1) is 10.1 Å². The Balaban J connectivity index is 2.32. The third kappa shape index (κ3) is 7.92. The number of nitrogens with one attached hydrogen (secondary N) is 2. The van der Waals surface area contributed by atoms with Crippen LogP contribution in [0.5, 0.6) is 5.75 Å². The molecule has 1 atom stereocenters. The Kier molecular flexibility index (Phi) is 8.32. The summed E-state index contributed by atoms with van der Waals surface area (Å²) in [6, 6.07) is 3.63. The van der Waals surface area contributed by atoms with Crippen molar-refractivity contribution in [2.45, 2.75) is 12.5 Å². The van der Waals surface area contributed by atoms with Crippen LogP contribution in [0.4, 0.5) is 5.69 Å². The summed E-state index contributed by atoms with van der Waals surface area (Å²) in [7, 11) is 1.15. The highest BCUT2D eigenvalue weighted by Crippen LogP contribution is 2.17. The summed E-state index contributed by atoms with van der Waals surface area (Å²) in [6.07, 6.45) is -0.342. The number of nitrogens with two attached hydrogens (primary N) is 1. The van der Waals surface area contributed by atoms with E-state index in [0.29, 0.717) is 0 Å². The van der Waals surface area contributed by atoms with Gasteiger partial charge in [-0.15, -0.1) is 0 Å². The molecular formula is C15H18N4O8. The van der Waals surface area contributed by atoms with Gasteiger partial charge in [0.25, 0.3) is 5.69 Å². The molecule has 0 saturated heterocycles. The lowest BCUT2D eigenvalue weighted by Gasteiger charge is -2.11. The van der Waals surface area contributed by atoms with Gasteiger partial charge in [0.05, 0.1) is 31.0 Å². The Labute approximate surface area is 153 Å². The Morgan fingerprint density at radius 3 is 2.30 bits per heavy atom. The van der Waals surface area contributed by atoms with E-state index in [1.807, 2.05) is 0 Å². The SMILES string of the molecule is COC(=O)C[C@@H](N)C(=O)NCC(=O)NCC(=O)Oc1ccc([N+](=O)[O-])cc1. The quantitative estimate of drug-likeness (QED) is 0.201. The van der Waals surface area contributed by atoms with Gasteiger partial charge in [0.2, 0.25) is 11.8 Å². The van der Waals surface area contributed by atoms with Gasteiger partial charge in [-0.05, 0) is 12.1 Å². The second-order valence-corrected chi connectivity index (χ2v) is 5.11. The van der Waals surface area contributed by atoms with E-state index in [-0.39, 0.29) is 17.9 Å². The summed E-state index contributed by atoms with van der Waals surface area (Å²) in [5, 5.41) is 14.9. The second kappa shape index (κ2) is 10.5. The summed E-state index contributed by atoms with van der Waals surface area (Å²) in [6.45, 7) is -0.946. The highest BCUT2D eigenvalue weighted by Gasteiger charge is 2.18. The fourth-order valence-electron chi connectivity index (χ4n) is 1.69. The second-order valence-electron chi connectivity index (χ2n) is 5.11. The normalized spacial score (nSPS) is 11.0. The van der Waals surface area contributed by atoms with E-state index >= 15 is 0 Å². The van der Waals surface area contributed by atoms with E-state index in [1.54, 1.807) is 0 Å². The van der Waals surface area contributed by atoms with Crippen molar-refractivity contribution in [3.8, 4) is 5.75 Å². The van der Waals surface area contributed by atoms with Gasteiger partial charge < -0.3 is 25.8 Å². The van der Waals surface area contributed by atoms with Gasteiger partial charge in [0.1, 0.15) is 12.3 Å². The molecule has 0 spiro atoms. The number of rotatable bonds is 9. The minimum absolute atomic E-state index is 0.0712. The molecule has 0 saturated carbocycles. The lowest BCUT2D eigenvalue weighted by atomic mass is 10.2. The topological polar surface area (TPSA) is 180 Å². The number of hydrogen-bond donors (Lipinski definition) is 3. The largest absolute Gasteiger partial charge is 0.469 e. The van der Waals surface area contributed by atoms with Gasteiger partial charge in [0.15, 0.2) is 0 Å². The number of hydrogen-bond acceptors (Lipinski definition) is 9. The molecule has 0 aliphatic rings. The Morgan fingerprint density at radius 1 is 1.11 bits per heavy atom. The molecule has 12 heteroatoms. The van der Waals surface area contributed by atoms with Crippen molar-refractivity contribution in [1.82, 2.24) is 10.6 Å². The van der Waals surface area contributed by atoms with E-state index in [4.69, 9.17) is 10.5 Å². The van der Waals surface area contributed by atoms with E-state index in [1.165, 1.54) is 12.1 Å². The van der Waals surface area contributed by atoms with Crippen LogP contribution in [0.25, 0.3) is 0 Å². The molecule has 0 aliphatic carbocycles. The van der Waals surface area contributed by atoms with Gasteiger partial charge in [-0.3, -0.25) is 24.5 Å². The zero-order valence-corrected chi connectivity index (χ0v) is 14.3. The van der Waals surface area contributed by atoms with E-state index in [2.05, 4.69) is 15.4 Å². The molecule has 1 aromatic rings. The average Bonchev–Trinajstić information content (AvgIpc) is 2.64. The van der Waals surface area contributed by atoms with E-state index < -0.39 is 47.8 Å². The van der Waals surface area contributed by atoms with Crippen molar-refractivity contribution in [3.05, 3.63) is 34.4 Å². The van der Waals surface area contributed by atoms with Crippen molar-refractivity contribution < 1.29 is 33.6 Å². The van der Waals surface area contributed by atoms with Crippen molar-refractivity contribution >= 4 is 29.4 Å². The van der Waals surface area contributed by atoms with Gasteiger partial charge in [-0.1, -0.05) is 0 Å². The van der Waals surface area contributed by atoms with Crippen LogP contribution in [0.3, 0.4) is 0 Å². The number of nitro benzene ring substituents is 1. The zero-order valence-electron chi connectivity index (χ0n) is 14.3. The minimum atomic E-state index is -1.17. The molecule has 1 rings (SSSR count). The van der Waals surface area contributed by atoms with Crippen LogP contribution < -0.4 is 21.1 Å². The maximum Gasteiger partial charge on any atom is 0.330 e. The molecule has 0 radical (unpaired) electrons. The first kappa shape index (κ1) is 21.5. The molecule has 0 heterocycles. The number of ether oxygens (including phenoxy) is 2. The van der Waals surface area contributed by atoms with E-state index in [9.17, 15) is 29.3 Å². The number of non-ortho nitro benzene ring substituents is 1. The third-order valence-corrected chi connectivity index (χ3v) is 3.08. The molecule has 0 bridgehead atoms. The number of benzene rings is 1. The number of nitro groups is 1. The number of amides is 2. The summed E-state index contributed by atoms with van der Waals surface area (Å²) in [4.78, 5) is 55.7. The molecule has 12 nitrogen and oxygen atoms in total. The molecule has 0 aromatic heterocycles. The van der Waals surface area contributed by atoms with Gasteiger partial charge >= 0.3 is 11.9 Å². The van der Waals surface area contributed by atoms with Crippen molar-refractivity contribution in [2.24, 2.45) is 5.73 Å². The maximum atomic E-state index is 11.6. The maximum absolute atomic E-state index is 11.6. The first-order valence-electron chi connectivity index (χ1n) is 7.55. The minimum Gasteiger partial charge on any atom is -0.469 e. The average molecular weight is 382 g/mol. The van der Waals surface area contributed by atoms with Crippen molar-refractivity contribution in [1.29, 1.82) is 0 Å². The van der Waals surface area contributed by atoms with Gasteiger partial charge in [-0.25, -0.2) is 4.79 Å². The summed E-state index contributed by atoms with van der Waals surface area (Å²) >= 11 is 0. The summed E-state index contributed by atoms with van der Waals surface area (Å²) in [5.41, 5.74) is 5.29. The van der Waals surface area contributed by atoms with E-state index in [0.717, 1.165) is 19.2 Å². The molecule has 0 aliphatic heterocycles. The number of methoxy groups -OCH3 is 1. The first-order valence-corrected chi connectivity index (χ1v) is 7.55. The standard InChI is InChI=1S/C15H18N4O8/c1-26-13(21)6-11(16)15(23)18-7-12(20)17-8-14(22)27-10-4-2-9(3-5-10)19(24)25/h2-5,11H,6-8,16H2,1H3,(H,17,20)(H,18,23)/t11-/m1/s1. The first-order chi connectivity index (χ1) is 12.7. The smallest absolute Gasteiger partial charge is 0.330 e. The zero-order chi connectivity index (χ0) is 20.4. The number of nitrogens with zero attached hydrogens (tertiary/aromatic N) is 1. The number of carbonyl (C=O) groups excluding carboxylic acids is 4. The molecule has 0 unspecified atom stereocenters. The molecule has 4 N–H and O–H groups in total. The van der Waals surface area contributed by atoms with Crippen LogP contribution in [0.15, 0.2) is 24.3 Å². The molecule has 1 aromatic carbocycles. The lowest BCUT2D eigenvalue weighted by Crippen LogP contribution is -2.46. The van der Waals surface area contributed by atoms with Crippen LogP contribution in [-0.4, -0.2) is 54.9 Å². The van der Waals surface area contributed by atoms with Crippen molar-refractivity contribution in [2.75, 3.05) is 20.2 Å². The Bertz CT molecular complexity index is 719. The third-order valence-electron chi connectivity index (χ3n) is 3.08. The lowest BCUT2D eigenvalue weighted by molar-refractivity contribution is -0.384. The molecule has 0 fully saturated rings. The monoisotopic (exact) mass is 382 g/mol. The molecule has 2 amide bonds. The Morgan fingerprint density at radius 2 is 1.74 bits per heavy atom. The Hall–Kier alpha value is -3.54. The van der Waals surface area contributed by atoms with Crippen molar-refractivity contribution in [3.63, 3.8) is 0 Å². The van der Waals surface area contributed by atoms with Gasteiger partial charge in [-0.2, -0.15) is 0 Å². The predicted molar refractivity (Wildman–Crippen MR) is 89.4 cm³/mol. The number of carbonyl (C=O) groups is 4. The van der Waals surface area contributed by atoms with Gasteiger partial charge in [0, 0.05) is 12.1 Å². The highest BCUT2D eigenvalue weighted by molar-refractivity contribution is 5.90. The van der Waals surface area contributed by atoms with Crippen LogP contribution >= 0.6 is 0 Å². The summed E-state index contributed by atoms with van der Waals surface area (Å²) < 4.78 is 9.25. The summed E-state index contributed by atoms with van der Waals surface area (Å²) in [5.74, 6) is -2.83. The molecule has 27 heavy (non-hydrogen) atoms. The van der Waals surface area contributed by atoms with Crippen LogP contribution in [0.2, 0.25) is 0 Å². The van der Waals surface area contributed by atoms with Crippen LogP contribution in [0.1, 0.15) is 6.42 Å². The molecule has 146 valence electrons. The fraction of sp³-hybridized carbons (Fsp3) is 0.333.